The molecule has 1 saturated heterocycles. The van der Waals surface area contributed by atoms with E-state index in [9.17, 15) is 18.4 Å². The minimum Gasteiger partial charge on any atom is -0.348 e. The maximum Gasteiger partial charge on any atom is 0.263 e. The van der Waals surface area contributed by atoms with Crippen molar-refractivity contribution in [2.45, 2.75) is 44.3 Å². The Morgan fingerprint density at radius 1 is 1.03 bits per heavy atom. The Morgan fingerprint density at radius 3 is 2.77 bits per heavy atom. The molecule has 6 nitrogen and oxygen atoms in total. The van der Waals surface area contributed by atoms with Crippen LogP contribution in [0.2, 0.25) is 0 Å². The SMILES string of the molecule is O=C(NCc1cccc(C2CCC3NNCC3C2)c1)c1cccn(Cc2ccc(F)c(F)c2)c1=O. The van der Waals surface area contributed by atoms with Crippen LogP contribution < -0.4 is 21.7 Å². The number of hydrogen-bond donors (Lipinski definition) is 3. The Balaban J connectivity index is 1.24. The minimum absolute atomic E-state index is 0.00536. The zero-order chi connectivity index (χ0) is 24.4. The lowest BCUT2D eigenvalue weighted by molar-refractivity contribution is 0.0948. The van der Waals surface area contributed by atoms with Gasteiger partial charge in [0.05, 0.1) is 6.54 Å². The molecule has 1 aromatic heterocycles. The van der Waals surface area contributed by atoms with E-state index < -0.39 is 23.1 Å². The van der Waals surface area contributed by atoms with E-state index in [-0.39, 0.29) is 12.1 Å². The first-order valence-electron chi connectivity index (χ1n) is 12.0. The van der Waals surface area contributed by atoms with Gasteiger partial charge in [0.25, 0.3) is 11.5 Å². The molecule has 3 aromatic rings. The molecule has 0 spiro atoms. The van der Waals surface area contributed by atoms with Gasteiger partial charge in [-0.1, -0.05) is 30.3 Å². The van der Waals surface area contributed by atoms with E-state index in [0.717, 1.165) is 43.5 Å². The van der Waals surface area contributed by atoms with Crippen molar-refractivity contribution in [2.24, 2.45) is 5.92 Å². The third-order valence-corrected chi connectivity index (χ3v) is 7.11. The molecular formula is C27H28F2N4O2. The van der Waals surface area contributed by atoms with Gasteiger partial charge in [-0.05, 0) is 72.1 Å². The van der Waals surface area contributed by atoms with Crippen LogP contribution in [0.15, 0.2) is 65.6 Å². The summed E-state index contributed by atoms with van der Waals surface area (Å²) in [6.45, 7) is 1.35. The van der Waals surface area contributed by atoms with E-state index in [0.29, 0.717) is 30.0 Å². The molecule has 2 fully saturated rings. The smallest absolute Gasteiger partial charge is 0.263 e. The first-order valence-corrected chi connectivity index (χ1v) is 12.0. The summed E-state index contributed by atoms with van der Waals surface area (Å²) in [5.74, 6) is -1.24. The summed E-state index contributed by atoms with van der Waals surface area (Å²) in [4.78, 5) is 25.7. The summed E-state index contributed by atoms with van der Waals surface area (Å²) in [7, 11) is 0. The Morgan fingerprint density at radius 2 is 1.91 bits per heavy atom. The third-order valence-electron chi connectivity index (χ3n) is 7.11. The van der Waals surface area contributed by atoms with Gasteiger partial charge < -0.3 is 9.88 Å². The molecule has 0 radical (unpaired) electrons. The normalized spacial score (nSPS) is 21.5. The molecule has 3 N–H and O–H groups in total. The average molecular weight is 479 g/mol. The second-order valence-electron chi connectivity index (χ2n) is 9.43. The van der Waals surface area contributed by atoms with Gasteiger partial charge in [0.1, 0.15) is 5.56 Å². The fourth-order valence-corrected chi connectivity index (χ4v) is 5.21. The van der Waals surface area contributed by atoms with Crippen LogP contribution in [0.5, 0.6) is 0 Å². The van der Waals surface area contributed by atoms with Crippen LogP contribution in [0, 0.1) is 17.6 Å². The van der Waals surface area contributed by atoms with Crippen molar-refractivity contribution in [1.29, 1.82) is 0 Å². The number of hydrazine groups is 1. The molecule has 35 heavy (non-hydrogen) atoms. The number of hydrogen-bond acceptors (Lipinski definition) is 4. The van der Waals surface area contributed by atoms with Crippen LogP contribution in [0.1, 0.15) is 52.2 Å². The fraction of sp³-hybridized carbons (Fsp3) is 0.333. The van der Waals surface area contributed by atoms with E-state index in [1.807, 2.05) is 12.1 Å². The number of rotatable bonds is 6. The molecule has 5 rings (SSSR count). The molecule has 1 saturated carbocycles. The molecule has 0 bridgehead atoms. The number of pyridine rings is 1. The predicted molar refractivity (Wildman–Crippen MR) is 129 cm³/mol. The summed E-state index contributed by atoms with van der Waals surface area (Å²) < 4.78 is 28.0. The molecule has 1 aliphatic carbocycles. The van der Waals surface area contributed by atoms with Gasteiger partial charge >= 0.3 is 0 Å². The highest BCUT2D eigenvalue weighted by Gasteiger charge is 2.34. The van der Waals surface area contributed by atoms with Crippen molar-refractivity contribution in [2.75, 3.05) is 6.54 Å². The van der Waals surface area contributed by atoms with Gasteiger partial charge in [0, 0.05) is 25.3 Å². The van der Waals surface area contributed by atoms with Crippen molar-refractivity contribution in [3.8, 4) is 0 Å². The second kappa shape index (κ2) is 10.1. The van der Waals surface area contributed by atoms with Gasteiger partial charge in [-0.25, -0.2) is 8.78 Å². The van der Waals surface area contributed by atoms with Crippen LogP contribution in [0.4, 0.5) is 8.78 Å². The lowest BCUT2D eigenvalue weighted by Crippen LogP contribution is -2.34. The van der Waals surface area contributed by atoms with Gasteiger partial charge in [0.15, 0.2) is 11.6 Å². The van der Waals surface area contributed by atoms with E-state index in [4.69, 9.17) is 0 Å². The third kappa shape index (κ3) is 5.18. The van der Waals surface area contributed by atoms with Crippen molar-refractivity contribution in [3.05, 3.63) is 105 Å². The first-order chi connectivity index (χ1) is 17.0. The number of nitrogens with zero attached hydrogens (tertiary/aromatic N) is 1. The summed E-state index contributed by atoms with van der Waals surface area (Å²) in [6, 6.07) is 15.4. The molecule has 3 atom stereocenters. The highest BCUT2D eigenvalue weighted by Crippen LogP contribution is 2.37. The molecular weight excluding hydrogens is 450 g/mol. The molecule has 8 heteroatoms. The van der Waals surface area contributed by atoms with Crippen LogP contribution >= 0.6 is 0 Å². The maximum atomic E-state index is 13.5. The Bertz CT molecular complexity index is 1290. The highest BCUT2D eigenvalue weighted by atomic mass is 19.2. The summed E-state index contributed by atoms with van der Waals surface area (Å²) in [5, 5.41) is 2.85. The zero-order valence-corrected chi connectivity index (χ0v) is 19.3. The molecule has 2 aromatic carbocycles. The average Bonchev–Trinajstić information content (AvgIpc) is 3.34. The van der Waals surface area contributed by atoms with Crippen LogP contribution in [0.3, 0.4) is 0 Å². The number of amides is 1. The van der Waals surface area contributed by atoms with E-state index in [1.165, 1.54) is 28.5 Å². The number of halogens is 2. The molecule has 3 unspecified atom stereocenters. The molecule has 2 heterocycles. The minimum atomic E-state index is -0.976. The maximum absolute atomic E-state index is 13.5. The zero-order valence-electron chi connectivity index (χ0n) is 19.3. The van der Waals surface area contributed by atoms with Crippen molar-refractivity contribution < 1.29 is 13.6 Å². The van der Waals surface area contributed by atoms with Crippen molar-refractivity contribution in [1.82, 2.24) is 20.7 Å². The van der Waals surface area contributed by atoms with Gasteiger partial charge in [-0.3, -0.25) is 20.4 Å². The fourth-order valence-electron chi connectivity index (χ4n) is 5.21. The largest absolute Gasteiger partial charge is 0.348 e. The van der Waals surface area contributed by atoms with Crippen molar-refractivity contribution >= 4 is 5.91 Å². The van der Waals surface area contributed by atoms with Crippen LogP contribution in [-0.4, -0.2) is 23.1 Å². The lowest BCUT2D eigenvalue weighted by atomic mass is 9.76. The monoisotopic (exact) mass is 478 g/mol. The number of benzene rings is 2. The topological polar surface area (TPSA) is 75.2 Å². The van der Waals surface area contributed by atoms with E-state index >= 15 is 0 Å². The second-order valence-corrected chi connectivity index (χ2v) is 9.43. The van der Waals surface area contributed by atoms with Crippen LogP contribution in [0.25, 0.3) is 0 Å². The summed E-state index contributed by atoms with van der Waals surface area (Å²) >= 11 is 0. The van der Waals surface area contributed by atoms with Crippen LogP contribution in [-0.2, 0) is 13.1 Å². The predicted octanol–water partition coefficient (Wildman–Crippen LogP) is 3.46. The summed E-state index contributed by atoms with van der Waals surface area (Å²) in [5.41, 5.74) is 8.85. The highest BCUT2D eigenvalue weighted by molar-refractivity contribution is 5.93. The number of aromatic nitrogens is 1. The number of nitrogens with one attached hydrogen (secondary N) is 3. The Hall–Kier alpha value is -3.36. The summed E-state index contributed by atoms with van der Waals surface area (Å²) in [6.07, 6.45) is 4.94. The lowest BCUT2D eigenvalue weighted by Gasteiger charge is -2.31. The first kappa shape index (κ1) is 23.4. The molecule has 182 valence electrons. The van der Waals surface area contributed by atoms with E-state index in [2.05, 4.69) is 28.3 Å². The quantitative estimate of drug-likeness (QED) is 0.507. The molecule has 2 aliphatic rings. The Labute approximate surface area is 202 Å². The Kier molecular flexibility index (Phi) is 6.74. The van der Waals surface area contributed by atoms with Gasteiger partial charge in [0.2, 0.25) is 0 Å². The van der Waals surface area contributed by atoms with Crippen molar-refractivity contribution in [3.63, 3.8) is 0 Å². The molecule has 1 amide bonds. The number of carbonyl (C=O) groups excluding carboxylic acids is 1. The standard InChI is InChI=1S/C27H28F2N4O2/c28-23-8-6-18(12-24(23)29)16-33-10-2-5-22(27(33)35)26(34)30-14-17-3-1-4-19(11-17)20-7-9-25-21(13-20)15-31-32-25/h1-6,8,10-12,20-21,25,31-32H,7,9,13-16H2,(H,30,34). The van der Waals surface area contributed by atoms with Gasteiger partial charge in [-0.2, -0.15) is 0 Å². The molecule has 1 aliphatic heterocycles. The van der Waals surface area contributed by atoms with E-state index in [1.54, 1.807) is 6.07 Å². The van der Waals surface area contributed by atoms with Gasteiger partial charge in [-0.15, -0.1) is 0 Å². The number of carbonyl (C=O) groups is 1. The number of fused-ring (bicyclic) bond motifs is 1.